The Hall–Kier alpha value is -3.64. The first kappa shape index (κ1) is 25.5. The summed E-state index contributed by atoms with van der Waals surface area (Å²) in [6.07, 6.45) is 0.963. The van der Waals surface area contributed by atoms with Crippen LogP contribution in [0, 0.1) is 0 Å². The molecule has 36 heavy (non-hydrogen) atoms. The van der Waals surface area contributed by atoms with Crippen molar-refractivity contribution in [3.8, 4) is 0 Å². The molecule has 4 rings (SSSR count). The maximum Gasteiger partial charge on any atom is 0.352 e. The fraction of sp³-hybridized carbons (Fsp3) is 0.353. The van der Waals surface area contributed by atoms with E-state index in [9.17, 15) is 29.5 Å². The SMILES string of the molecule is Cn1nnnc1SCC1=C(C(=O)O)N2C(=O)[C@@H](NC(=O)/C(=N\O)c3coc(NC(=O)CCl)n3)[C@@H]2SC1. The van der Waals surface area contributed by atoms with Gasteiger partial charge in [0.05, 0.1) is 0 Å². The number of anilines is 1. The van der Waals surface area contributed by atoms with Crippen LogP contribution >= 0.6 is 35.1 Å². The van der Waals surface area contributed by atoms with Gasteiger partial charge < -0.3 is 20.0 Å². The number of carboxylic acid groups (broad SMARTS) is 1. The molecule has 0 unspecified atom stereocenters. The molecule has 16 nitrogen and oxygen atoms in total. The highest BCUT2D eigenvalue weighted by molar-refractivity contribution is 8.01. The third kappa shape index (κ3) is 4.86. The predicted octanol–water partition coefficient (Wildman–Crippen LogP) is -0.915. The van der Waals surface area contributed by atoms with Crippen LogP contribution in [0.25, 0.3) is 0 Å². The molecule has 0 spiro atoms. The summed E-state index contributed by atoms with van der Waals surface area (Å²) in [6, 6.07) is -1.36. The first-order valence-electron chi connectivity index (χ1n) is 9.85. The predicted molar refractivity (Wildman–Crippen MR) is 123 cm³/mol. The number of nitrogens with zero attached hydrogens (tertiary/aromatic N) is 7. The zero-order valence-corrected chi connectivity index (χ0v) is 20.5. The Morgan fingerprint density at radius 3 is 2.83 bits per heavy atom. The van der Waals surface area contributed by atoms with Gasteiger partial charge in [0.2, 0.25) is 11.1 Å². The molecule has 2 aliphatic heterocycles. The van der Waals surface area contributed by atoms with Gasteiger partial charge in [-0.25, -0.2) is 9.48 Å². The molecule has 0 aromatic carbocycles. The summed E-state index contributed by atoms with van der Waals surface area (Å²) in [5.74, 6) is -3.33. The van der Waals surface area contributed by atoms with Gasteiger partial charge in [0.1, 0.15) is 34.9 Å². The number of carbonyl (C=O) groups is 4. The normalized spacial score (nSPS) is 19.6. The molecule has 1 fully saturated rings. The van der Waals surface area contributed by atoms with Gasteiger partial charge in [-0.3, -0.25) is 24.6 Å². The highest BCUT2D eigenvalue weighted by Crippen LogP contribution is 2.41. The Bertz CT molecular complexity index is 1290. The zero-order valence-electron chi connectivity index (χ0n) is 18.1. The van der Waals surface area contributed by atoms with Crippen LogP contribution in [0.1, 0.15) is 5.69 Å². The van der Waals surface area contributed by atoms with Crippen molar-refractivity contribution in [2.24, 2.45) is 12.2 Å². The number of oxime groups is 1. The van der Waals surface area contributed by atoms with Crippen LogP contribution in [-0.4, -0.2) is 98.6 Å². The first-order chi connectivity index (χ1) is 17.2. The summed E-state index contributed by atoms with van der Waals surface area (Å²) >= 11 is 7.88. The van der Waals surface area contributed by atoms with Gasteiger partial charge in [0.15, 0.2) is 5.71 Å². The average Bonchev–Trinajstić information content (AvgIpc) is 3.49. The number of halogens is 1. The Balaban J connectivity index is 1.45. The molecule has 4 heterocycles. The van der Waals surface area contributed by atoms with Crippen molar-refractivity contribution in [1.29, 1.82) is 0 Å². The zero-order chi connectivity index (χ0) is 26.0. The van der Waals surface area contributed by atoms with E-state index in [4.69, 9.17) is 16.0 Å². The van der Waals surface area contributed by atoms with E-state index < -0.39 is 40.8 Å². The van der Waals surface area contributed by atoms with Crippen molar-refractivity contribution in [2.75, 3.05) is 22.7 Å². The number of aliphatic carboxylic acids is 1. The van der Waals surface area contributed by atoms with Gasteiger partial charge in [-0.15, -0.1) is 28.5 Å². The van der Waals surface area contributed by atoms with Gasteiger partial charge in [-0.2, -0.15) is 4.98 Å². The Morgan fingerprint density at radius 2 is 2.19 bits per heavy atom. The number of hydrogen-bond acceptors (Lipinski definition) is 13. The molecule has 2 aromatic heterocycles. The Kier molecular flexibility index (Phi) is 7.45. The summed E-state index contributed by atoms with van der Waals surface area (Å²) in [5.41, 5.74) is -0.463. The van der Waals surface area contributed by atoms with E-state index in [1.165, 1.54) is 28.2 Å². The van der Waals surface area contributed by atoms with Crippen molar-refractivity contribution in [1.82, 2.24) is 35.4 Å². The standard InChI is InChI=1S/C17H16ClN9O7S2/c1-26-17(22-24-25-26)36-5-6-4-35-14-10(13(30)27(14)11(6)15(31)32)21-12(29)9(23-33)7-3-34-16(19-7)20-8(28)2-18/h3,10,14,33H,2,4-5H2,1H3,(H,21,29)(H,31,32)(H,19,20,28)/b23-9-/t10-,14+/m1/s1. The number of β-lactam (4-membered cyclic amide) rings is 1. The lowest BCUT2D eigenvalue weighted by molar-refractivity contribution is -0.150. The van der Waals surface area contributed by atoms with Gasteiger partial charge >= 0.3 is 12.0 Å². The topological polar surface area (TPSA) is 218 Å². The number of nitrogens with one attached hydrogen (secondary N) is 2. The molecule has 2 aliphatic rings. The summed E-state index contributed by atoms with van der Waals surface area (Å²) in [7, 11) is 1.65. The molecule has 2 atom stereocenters. The number of aryl methyl sites for hydroxylation is 1. The Morgan fingerprint density at radius 1 is 1.42 bits per heavy atom. The van der Waals surface area contributed by atoms with Crippen molar-refractivity contribution in [3.05, 3.63) is 23.2 Å². The number of thioether (sulfide) groups is 2. The fourth-order valence-corrected chi connectivity index (χ4v) is 5.71. The summed E-state index contributed by atoms with van der Waals surface area (Å²) in [6.45, 7) is 0. The maximum absolute atomic E-state index is 12.8. The minimum absolute atomic E-state index is 0.163. The van der Waals surface area contributed by atoms with Crippen molar-refractivity contribution in [3.63, 3.8) is 0 Å². The number of oxazole rings is 1. The molecule has 1 saturated heterocycles. The lowest BCUT2D eigenvalue weighted by atomic mass is 10.0. The van der Waals surface area contributed by atoms with Crippen molar-refractivity contribution in [2.45, 2.75) is 16.6 Å². The van der Waals surface area contributed by atoms with Crippen LogP contribution in [-0.2, 0) is 26.2 Å². The number of tetrazole rings is 1. The maximum atomic E-state index is 12.8. The highest BCUT2D eigenvalue weighted by atomic mass is 35.5. The molecule has 190 valence electrons. The number of carboxylic acids is 1. The van der Waals surface area contributed by atoms with Crippen molar-refractivity contribution >= 4 is 70.5 Å². The quantitative estimate of drug-likeness (QED) is 0.0733. The molecule has 2 aromatic rings. The molecular formula is C17H16ClN9O7S2. The molecule has 0 bridgehead atoms. The number of rotatable bonds is 9. The van der Waals surface area contributed by atoms with E-state index in [1.54, 1.807) is 7.05 Å². The fourth-order valence-electron chi connectivity index (χ4n) is 3.30. The van der Waals surface area contributed by atoms with E-state index in [2.05, 4.69) is 36.3 Å². The number of amides is 3. The summed E-state index contributed by atoms with van der Waals surface area (Å²) in [4.78, 5) is 53.8. The molecule has 4 N–H and O–H groups in total. The third-order valence-electron chi connectivity index (χ3n) is 4.92. The van der Waals surface area contributed by atoms with E-state index in [1.807, 2.05) is 0 Å². The molecule has 3 amide bonds. The average molecular weight is 558 g/mol. The van der Waals surface area contributed by atoms with E-state index >= 15 is 0 Å². The summed E-state index contributed by atoms with van der Waals surface area (Å²) in [5, 5.41) is 37.5. The van der Waals surface area contributed by atoms with Gasteiger partial charge in [-0.05, 0) is 16.0 Å². The van der Waals surface area contributed by atoms with Gasteiger partial charge in [0, 0.05) is 18.6 Å². The van der Waals surface area contributed by atoms with Gasteiger partial charge in [-0.1, -0.05) is 16.9 Å². The second kappa shape index (κ2) is 10.5. The van der Waals surface area contributed by atoms with Crippen LogP contribution < -0.4 is 10.6 Å². The number of carbonyl (C=O) groups excluding carboxylic acids is 3. The lowest BCUT2D eigenvalue weighted by Crippen LogP contribution is -2.71. The second-order valence-corrected chi connectivity index (χ2v) is 9.48. The van der Waals surface area contributed by atoms with E-state index in [0.717, 1.165) is 11.2 Å². The number of aromatic nitrogens is 5. The van der Waals surface area contributed by atoms with Crippen LogP contribution in [0.5, 0.6) is 0 Å². The third-order valence-corrected chi connectivity index (χ3v) is 7.60. The number of hydrogen-bond donors (Lipinski definition) is 4. The smallest absolute Gasteiger partial charge is 0.352 e. The molecule has 0 aliphatic carbocycles. The van der Waals surface area contributed by atoms with Crippen LogP contribution in [0.3, 0.4) is 0 Å². The van der Waals surface area contributed by atoms with Crippen LogP contribution in [0.2, 0.25) is 0 Å². The van der Waals surface area contributed by atoms with E-state index in [0.29, 0.717) is 10.7 Å². The van der Waals surface area contributed by atoms with Crippen molar-refractivity contribution < 1.29 is 33.9 Å². The lowest BCUT2D eigenvalue weighted by Gasteiger charge is -2.49. The van der Waals surface area contributed by atoms with E-state index in [-0.39, 0.29) is 34.8 Å². The summed E-state index contributed by atoms with van der Waals surface area (Å²) < 4.78 is 6.43. The minimum Gasteiger partial charge on any atom is -0.477 e. The van der Waals surface area contributed by atoms with Crippen LogP contribution in [0.4, 0.5) is 6.01 Å². The monoisotopic (exact) mass is 557 g/mol. The highest BCUT2D eigenvalue weighted by Gasteiger charge is 2.54. The Labute approximate surface area is 214 Å². The molecule has 19 heteroatoms. The minimum atomic E-state index is -1.28. The first-order valence-corrected chi connectivity index (χ1v) is 12.4. The largest absolute Gasteiger partial charge is 0.477 e. The molecule has 0 saturated carbocycles. The van der Waals surface area contributed by atoms with Gasteiger partial charge in [0.25, 0.3) is 11.8 Å². The number of fused-ring (bicyclic) bond motifs is 1. The second-order valence-electron chi connectivity index (χ2n) is 7.16. The molecular weight excluding hydrogens is 542 g/mol. The molecule has 0 radical (unpaired) electrons. The van der Waals surface area contributed by atoms with Crippen LogP contribution in [0.15, 0.2) is 32.3 Å². The number of alkyl halides is 1.